The van der Waals surface area contributed by atoms with Gasteiger partial charge in [0, 0.05) is 60.9 Å². The first-order chi connectivity index (χ1) is 17.0. The van der Waals surface area contributed by atoms with Gasteiger partial charge < -0.3 is 19.7 Å². The third-order valence-corrected chi connectivity index (χ3v) is 6.97. The molecule has 0 bridgehead atoms. The summed E-state index contributed by atoms with van der Waals surface area (Å²) in [5, 5.41) is 8.03. The van der Waals surface area contributed by atoms with Gasteiger partial charge in [-0.2, -0.15) is 0 Å². The summed E-state index contributed by atoms with van der Waals surface area (Å²) in [6, 6.07) is 20.0. The highest BCUT2D eigenvalue weighted by Gasteiger charge is 2.15. The number of likely N-dealkylation sites (N-methyl/N-ethyl adjacent to an activating group) is 1. The minimum absolute atomic E-state index is 0.273. The second kappa shape index (κ2) is 10.1. The molecular formula is C25H28N7O2S-. The average molecular weight is 491 g/mol. The van der Waals surface area contributed by atoms with Crippen LogP contribution in [0.1, 0.15) is 5.56 Å². The highest BCUT2D eigenvalue weighted by Crippen LogP contribution is 2.27. The lowest BCUT2D eigenvalue weighted by Gasteiger charge is -2.34. The van der Waals surface area contributed by atoms with E-state index in [0.29, 0.717) is 5.95 Å². The van der Waals surface area contributed by atoms with Crippen molar-refractivity contribution in [2.24, 2.45) is 0 Å². The van der Waals surface area contributed by atoms with E-state index in [1.807, 2.05) is 53.0 Å². The second-order valence-corrected chi connectivity index (χ2v) is 9.82. The number of rotatable bonds is 7. The Morgan fingerprint density at radius 1 is 1.03 bits per heavy atom. The van der Waals surface area contributed by atoms with Crippen molar-refractivity contribution in [3.63, 3.8) is 0 Å². The van der Waals surface area contributed by atoms with E-state index in [-0.39, 0.29) is 6.54 Å². The Hall–Kier alpha value is -3.31. The number of fused-ring (bicyclic) bond motifs is 1. The molecule has 3 heterocycles. The lowest BCUT2D eigenvalue weighted by atomic mass is 10.0. The van der Waals surface area contributed by atoms with E-state index >= 15 is 0 Å². The topological polar surface area (TPSA) is 92.1 Å². The summed E-state index contributed by atoms with van der Waals surface area (Å²) < 4.78 is 25.8. The number of nitrogens with one attached hydrogen (secondary N) is 1. The molecule has 182 valence electrons. The fourth-order valence-corrected chi connectivity index (χ4v) is 4.56. The Balaban J connectivity index is 1.38. The van der Waals surface area contributed by atoms with Gasteiger partial charge in [0.1, 0.15) is 0 Å². The Bertz CT molecular complexity index is 1330. The van der Waals surface area contributed by atoms with Gasteiger partial charge in [0.2, 0.25) is 5.95 Å². The van der Waals surface area contributed by atoms with Crippen LogP contribution in [0, 0.1) is 0 Å². The minimum Gasteiger partial charge on any atom is -0.760 e. The van der Waals surface area contributed by atoms with Gasteiger partial charge in [-0.05, 0) is 56.1 Å². The van der Waals surface area contributed by atoms with Gasteiger partial charge in [0.15, 0.2) is 0 Å². The number of hydrogen-bond donors (Lipinski definition) is 1. The number of aromatic nitrogens is 3. The van der Waals surface area contributed by atoms with Crippen LogP contribution in [0.4, 0.5) is 17.3 Å². The summed E-state index contributed by atoms with van der Waals surface area (Å²) in [5.41, 5.74) is 5.67. The van der Waals surface area contributed by atoms with Crippen LogP contribution in [0.2, 0.25) is 0 Å². The van der Waals surface area contributed by atoms with Gasteiger partial charge >= 0.3 is 0 Å². The van der Waals surface area contributed by atoms with Crippen molar-refractivity contribution in [2.45, 2.75) is 6.54 Å². The van der Waals surface area contributed by atoms with Crippen molar-refractivity contribution in [2.75, 3.05) is 50.5 Å². The molecule has 1 atom stereocenters. The first-order valence-corrected chi connectivity index (χ1v) is 12.6. The van der Waals surface area contributed by atoms with Crippen molar-refractivity contribution < 1.29 is 8.76 Å². The molecule has 1 unspecified atom stereocenters. The molecule has 2 aromatic carbocycles. The second-order valence-electron chi connectivity index (χ2n) is 8.76. The highest BCUT2D eigenvalue weighted by molar-refractivity contribution is 7.76. The zero-order valence-electron chi connectivity index (χ0n) is 19.8. The molecule has 1 saturated heterocycles. The number of nitrogens with zero attached hydrogens (tertiary/aromatic N) is 6. The average Bonchev–Trinajstić information content (AvgIpc) is 3.28. The molecule has 9 nitrogen and oxygen atoms in total. The van der Waals surface area contributed by atoms with E-state index in [2.05, 4.69) is 39.3 Å². The third kappa shape index (κ3) is 5.20. The smallest absolute Gasteiger partial charge is 0.245 e. The number of benzene rings is 2. The molecule has 0 saturated carbocycles. The van der Waals surface area contributed by atoms with E-state index in [1.54, 1.807) is 13.2 Å². The van der Waals surface area contributed by atoms with Gasteiger partial charge in [-0.3, -0.25) is 4.21 Å². The number of piperazine rings is 1. The third-order valence-electron chi connectivity index (χ3n) is 6.33. The van der Waals surface area contributed by atoms with Crippen LogP contribution in [0.5, 0.6) is 0 Å². The van der Waals surface area contributed by atoms with Gasteiger partial charge in [-0.25, -0.2) is 13.8 Å². The van der Waals surface area contributed by atoms with Gasteiger partial charge in [-0.1, -0.05) is 24.3 Å². The standard InChI is InChI=1S/C25H29N7O2S/c1-29-13-15-31(16-14-29)21-9-7-20(8-10-21)27-25-26-17-22-11-12-24(32(22)28-25)23-6-4-3-5-19(23)18-30(2)35(33)34/h3-12,17H,13-16,18H2,1-2H3,(H,27,28)(H,33,34)/p-1. The van der Waals surface area contributed by atoms with Crippen molar-refractivity contribution >= 4 is 34.1 Å². The van der Waals surface area contributed by atoms with Crippen LogP contribution in [0.25, 0.3) is 16.8 Å². The van der Waals surface area contributed by atoms with Gasteiger partial charge in [0.25, 0.3) is 0 Å². The van der Waals surface area contributed by atoms with Gasteiger partial charge in [0.05, 0.1) is 17.4 Å². The fraction of sp³-hybridized carbons (Fsp3) is 0.280. The Labute approximate surface area is 207 Å². The summed E-state index contributed by atoms with van der Waals surface area (Å²) in [6.45, 7) is 4.47. The predicted octanol–water partition coefficient (Wildman–Crippen LogP) is 3.12. The molecule has 2 aromatic heterocycles. The molecule has 1 aliphatic heterocycles. The van der Waals surface area contributed by atoms with Crippen LogP contribution in [0.15, 0.2) is 66.9 Å². The number of anilines is 3. The summed E-state index contributed by atoms with van der Waals surface area (Å²) in [5.74, 6) is 0.484. The van der Waals surface area contributed by atoms with Crippen LogP contribution in [-0.4, -0.2) is 72.8 Å². The monoisotopic (exact) mass is 490 g/mol. The molecule has 10 heteroatoms. The van der Waals surface area contributed by atoms with Crippen LogP contribution in [-0.2, 0) is 17.8 Å². The fourth-order valence-electron chi connectivity index (χ4n) is 4.31. The normalized spacial score (nSPS) is 15.6. The molecule has 1 aliphatic rings. The van der Waals surface area contributed by atoms with Crippen molar-refractivity contribution in [3.05, 3.63) is 72.4 Å². The quantitative estimate of drug-likeness (QED) is 0.398. The lowest BCUT2D eigenvalue weighted by Crippen LogP contribution is -2.44. The summed E-state index contributed by atoms with van der Waals surface area (Å²) in [6.07, 6.45) is 1.78. The molecule has 0 radical (unpaired) electrons. The zero-order chi connectivity index (χ0) is 24.4. The van der Waals surface area contributed by atoms with E-state index in [1.165, 1.54) is 9.99 Å². The molecule has 5 rings (SSSR count). The molecule has 0 aliphatic carbocycles. The molecule has 0 amide bonds. The molecule has 1 N–H and O–H groups in total. The van der Waals surface area contributed by atoms with Crippen molar-refractivity contribution in [1.82, 2.24) is 23.8 Å². The molecule has 1 fully saturated rings. The molecule has 4 aromatic rings. The van der Waals surface area contributed by atoms with E-state index < -0.39 is 11.3 Å². The molecule has 0 spiro atoms. The summed E-state index contributed by atoms with van der Waals surface area (Å²) >= 11 is -2.29. The lowest BCUT2D eigenvalue weighted by molar-refractivity contribution is 0.313. The minimum atomic E-state index is -2.29. The van der Waals surface area contributed by atoms with E-state index in [9.17, 15) is 8.76 Å². The molecular weight excluding hydrogens is 462 g/mol. The Morgan fingerprint density at radius 3 is 2.51 bits per heavy atom. The first-order valence-electron chi connectivity index (χ1n) is 11.5. The van der Waals surface area contributed by atoms with Crippen LogP contribution >= 0.6 is 0 Å². The highest BCUT2D eigenvalue weighted by atomic mass is 32.2. The van der Waals surface area contributed by atoms with Crippen molar-refractivity contribution in [3.8, 4) is 11.3 Å². The number of hydrogen-bond acceptors (Lipinski definition) is 7. The molecule has 35 heavy (non-hydrogen) atoms. The van der Waals surface area contributed by atoms with E-state index in [4.69, 9.17) is 5.10 Å². The van der Waals surface area contributed by atoms with Gasteiger partial charge in [-0.15, -0.1) is 5.10 Å². The zero-order valence-corrected chi connectivity index (χ0v) is 20.6. The Morgan fingerprint density at radius 2 is 1.77 bits per heavy atom. The maximum atomic E-state index is 11.3. The maximum Gasteiger partial charge on any atom is 0.245 e. The maximum absolute atomic E-state index is 11.3. The summed E-state index contributed by atoms with van der Waals surface area (Å²) in [7, 11) is 3.71. The largest absolute Gasteiger partial charge is 0.760 e. The predicted molar refractivity (Wildman–Crippen MR) is 138 cm³/mol. The Kier molecular flexibility index (Phi) is 6.78. The van der Waals surface area contributed by atoms with Crippen LogP contribution < -0.4 is 10.2 Å². The van der Waals surface area contributed by atoms with Crippen molar-refractivity contribution in [1.29, 1.82) is 0 Å². The first kappa shape index (κ1) is 23.4. The van der Waals surface area contributed by atoms with E-state index in [0.717, 1.165) is 54.2 Å². The summed E-state index contributed by atoms with van der Waals surface area (Å²) in [4.78, 5) is 9.22. The van der Waals surface area contributed by atoms with Crippen LogP contribution in [0.3, 0.4) is 0 Å². The SMILES string of the molecule is CN1CCN(c2ccc(Nc3ncc4ccc(-c5ccccc5CN(C)S(=O)[O-])n4n3)cc2)CC1.